The zero-order valence-electron chi connectivity index (χ0n) is 34.1. The van der Waals surface area contributed by atoms with E-state index in [1.54, 1.807) is 0 Å². The van der Waals surface area contributed by atoms with E-state index in [1.165, 1.54) is 24.3 Å². The molecule has 0 spiro atoms. The van der Waals surface area contributed by atoms with E-state index < -0.39 is 172 Å². The van der Waals surface area contributed by atoms with Crippen molar-refractivity contribution in [2.75, 3.05) is 33.0 Å². The van der Waals surface area contributed by atoms with Crippen molar-refractivity contribution < 1.29 is 124 Å². The second-order valence-corrected chi connectivity index (χ2v) is 15.6. The van der Waals surface area contributed by atoms with Gasteiger partial charge in [-0.25, -0.2) is 4.79 Å². The number of esters is 1. The molecule has 0 amide bonds. The Balaban J connectivity index is 1.40. The fourth-order valence-corrected chi connectivity index (χ4v) is 7.37. The van der Waals surface area contributed by atoms with Crippen LogP contribution in [-0.2, 0) is 53.8 Å². The molecule has 15 N–H and O–H groups in total. The number of phenols is 4. The van der Waals surface area contributed by atoms with E-state index in [1.807, 2.05) is 0 Å². The van der Waals surface area contributed by atoms with E-state index in [0.717, 1.165) is 24.3 Å². The summed E-state index contributed by atoms with van der Waals surface area (Å²) in [6, 6.07) is 7.48. The van der Waals surface area contributed by atoms with Gasteiger partial charge in [-0.15, -0.1) is 0 Å². The summed E-state index contributed by atoms with van der Waals surface area (Å²) < 4.78 is 53.0. The van der Waals surface area contributed by atoms with Crippen molar-refractivity contribution in [2.24, 2.45) is 0 Å². The van der Waals surface area contributed by atoms with Gasteiger partial charge in [0.25, 0.3) is 0 Å². The fourth-order valence-electron chi connectivity index (χ4n) is 7.37. The van der Waals surface area contributed by atoms with Crippen LogP contribution in [0.2, 0.25) is 0 Å². The molecule has 25 nitrogen and oxygen atoms in total. The molecule has 4 aliphatic heterocycles. The average Bonchev–Trinajstić information content (AvgIpc) is 3.28. The van der Waals surface area contributed by atoms with Gasteiger partial charge in [0.15, 0.2) is 54.3 Å². The molecule has 4 saturated heterocycles. The van der Waals surface area contributed by atoms with Crippen molar-refractivity contribution in [2.45, 2.75) is 123 Å². The third kappa shape index (κ3) is 11.8. The van der Waals surface area contributed by atoms with Crippen LogP contribution < -0.4 is 0 Å². The lowest BCUT2D eigenvalue weighted by Crippen LogP contribution is -2.67. The minimum absolute atomic E-state index is 0.00578. The SMILES string of the molecule is O=C(/C=C/c1ccc(O)c(O)c1)O[C@H]1[C@H](O[C@@H]2O[C@H](CO)[C@@H](O)[C@H](O)[C@H]2O)[C@@H](O[C@H]2OC[C@@H](O)[C@@H](O)[C@@H]2O)[C@H](OCCc2ccc(O)c(O)c2)O[C@@H]1CO[C@@H]1O[C@H](CO)[C@@H](O)[C@H](O)[C@H]1O. The van der Waals surface area contributed by atoms with Crippen LogP contribution in [0, 0.1) is 0 Å². The maximum atomic E-state index is 13.7. The highest BCUT2D eigenvalue weighted by molar-refractivity contribution is 5.87. The van der Waals surface area contributed by atoms with Crippen LogP contribution in [0.15, 0.2) is 42.5 Å². The first kappa shape index (κ1) is 50.5. The number of aliphatic hydroxyl groups excluding tert-OH is 11. The van der Waals surface area contributed by atoms with Gasteiger partial charge in [0, 0.05) is 6.08 Å². The molecular formula is C40H54O25. The van der Waals surface area contributed by atoms with Crippen molar-refractivity contribution in [3.63, 3.8) is 0 Å². The van der Waals surface area contributed by atoms with Gasteiger partial charge in [0.1, 0.15) is 85.5 Å². The third-order valence-corrected chi connectivity index (χ3v) is 11.1. The standard InChI is InChI=1S/C40H54O25/c41-11-22-27(50)29(52)32(55)37(60-22)59-14-24-34(63-25(48)6-3-15-1-4-17(43)19(45)9-15)35(64-39-33(56)30(53)28(51)23(12-42)61-39)36(65-38-31(54)26(49)21(47)13-58-38)40(62-24)57-8-7-16-2-5-18(44)20(46)10-16/h1-6,9-10,21-24,26-47,49-56H,7-8,11-14H2/b6-3+/t21-,22-,23-,24-,26-,27-,28-,29+,30+,31+,32-,33-,34-,35+,36-,37-,38-,39+,40-/m1/s1. The van der Waals surface area contributed by atoms with Crippen molar-refractivity contribution in [3.05, 3.63) is 53.6 Å². The molecule has 25 heteroatoms. The highest BCUT2D eigenvalue weighted by Crippen LogP contribution is 2.36. The smallest absolute Gasteiger partial charge is 0.331 e. The number of phenolic OH excluding ortho intramolecular Hbond substituents is 4. The van der Waals surface area contributed by atoms with Gasteiger partial charge in [0.05, 0.1) is 33.0 Å². The maximum Gasteiger partial charge on any atom is 0.331 e. The van der Waals surface area contributed by atoms with Crippen molar-refractivity contribution >= 4 is 12.0 Å². The first-order valence-corrected chi connectivity index (χ1v) is 20.3. The molecule has 364 valence electrons. The molecule has 6 rings (SSSR count). The van der Waals surface area contributed by atoms with Gasteiger partial charge in [0.2, 0.25) is 0 Å². The summed E-state index contributed by atoms with van der Waals surface area (Å²) in [7, 11) is 0. The molecule has 2 aromatic carbocycles. The number of carbonyl (C=O) groups excluding carboxylic acids is 1. The highest BCUT2D eigenvalue weighted by Gasteiger charge is 2.56. The van der Waals surface area contributed by atoms with E-state index in [4.69, 9.17) is 42.6 Å². The van der Waals surface area contributed by atoms with Gasteiger partial charge in [-0.3, -0.25) is 0 Å². The Hall–Kier alpha value is -3.91. The number of aliphatic hydroxyl groups is 11. The van der Waals surface area contributed by atoms with E-state index in [0.29, 0.717) is 5.56 Å². The second kappa shape index (κ2) is 22.3. The number of rotatable bonds is 16. The van der Waals surface area contributed by atoms with Crippen molar-refractivity contribution in [3.8, 4) is 23.0 Å². The van der Waals surface area contributed by atoms with Crippen LogP contribution in [0.25, 0.3) is 6.08 Å². The van der Waals surface area contributed by atoms with Crippen LogP contribution in [0.1, 0.15) is 11.1 Å². The summed E-state index contributed by atoms with van der Waals surface area (Å²) in [5, 5.41) is 155. The van der Waals surface area contributed by atoms with Gasteiger partial charge < -0.3 is 119 Å². The topological polar surface area (TPSA) is 404 Å². The Kier molecular flexibility index (Phi) is 17.3. The van der Waals surface area contributed by atoms with E-state index in [-0.39, 0.29) is 18.6 Å². The predicted octanol–water partition coefficient (Wildman–Crippen LogP) is -5.76. The molecule has 4 fully saturated rings. The number of ether oxygens (including phenoxy) is 9. The van der Waals surface area contributed by atoms with Gasteiger partial charge in [-0.05, 0) is 47.9 Å². The van der Waals surface area contributed by atoms with Crippen molar-refractivity contribution in [1.29, 1.82) is 0 Å². The highest BCUT2D eigenvalue weighted by atomic mass is 16.8. The number of hydrogen-bond donors (Lipinski definition) is 15. The lowest BCUT2D eigenvalue weighted by molar-refractivity contribution is -0.390. The Morgan fingerprint density at radius 3 is 1.78 bits per heavy atom. The van der Waals surface area contributed by atoms with E-state index in [2.05, 4.69) is 0 Å². The molecule has 0 saturated carbocycles. The lowest BCUT2D eigenvalue weighted by Gasteiger charge is -2.49. The number of aromatic hydroxyl groups is 4. The summed E-state index contributed by atoms with van der Waals surface area (Å²) in [5.41, 5.74) is 0.614. The third-order valence-electron chi connectivity index (χ3n) is 11.1. The molecular weight excluding hydrogens is 880 g/mol. The summed E-state index contributed by atoms with van der Waals surface area (Å²) in [6.07, 6.45) is -32.8. The van der Waals surface area contributed by atoms with Crippen LogP contribution in [-0.4, -0.2) is 232 Å². The summed E-state index contributed by atoms with van der Waals surface area (Å²) in [6.45, 7) is -3.46. The zero-order valence-corrected chi connectivity index (χ0v) is 34.1. The van der Waals surface area contributed by atoms with Gasteiger partial charge in [-0.1, -0.05) is 12.1 Å². The van der Waals surface area contributed by atoms with E-state index in [9.17, 15) is 81.4 Å². The molecule has 19 atom stereocenters. The van der Waals surface area contributed by atoms with Crippen LogP contribution in [0.4, 0.5) is 0 Å². The van der Waals surface area contributed by atoms with Gasteiger partial charge in [-0.2, -0.15) is 0 Å². The average molecular weight is 935 g/mol. The summed E-state index contributed by atoms with van der Waals surface area (Å²) in [4.78, 5) is 13.7. The molecule has 0 radical (unpaired) electrons. The Bertz CT molecular complexity index is 1880. The number of benzene rings is 2. The fraction of sp³-hybridized carbons (Fsp3) is 0.625. The quantitative estimate of drug-likeness (QED) is 0.0424. The van der Waals surface area contributed by atoms with Crippen LogP contribution in [0.5, 0.6) is 23.0 Å². The predicted molar refractivity (Wildman–Crippen MR) is 208 cm³/mol. The van der Waals surface area contributed by atoms with E-state index >= 15 is 0 Å². The monoisotopic (exact) mass is 934 g/mol. The zero-order chi connectivity index (χ0) is 47.3. The molecule has 2 aromatic rings. The van der Waals surface area contributed by atoms with Crippen LogP contribution >= 0.6 is 0 Å². The molecule has 4 heterocycles. The number of carbonyl (C=O) groups is 1. The molecule has 0 aromatic heterocycles. The molecule has 4 aliphatic rings. The lowest BCUT2D eigenvalue weighted by atomic mass is 9.96. The van der Waals surface area contributed by atoms with Crippen LogP contribution in [0.3, 0.4) is 0 Å². The molecule has 0 bridgehead atoms. The summed E-state index contributed by atoms with van der Waals surface area (Å²) >= 11 is 0. The molecule has 0 unspecified atom stereocenters. The largest absolute Gasteiger partial charge is 0.504 e. The molecule has 0 aliphatic carbocycles. The first-order chi connectivity index (χ1) is 30.9. The normalized spacial score (nSPS) is 39.0. The van der Waals surface area contributed by atoms with Crippen molar-refractivity contribution in [1.82, 2.24) is 0 Å². The minimum atomic E-state index is -2.10. The first-order valence-electron chi connectivity index (χ1n) is 20.3. The second-order valence-electron chi connectivity index (χ2n) is 15.6. The Morgan fingerprint density at radius 2 is 1.15 bits per heavy atom. The maximum absolute atomic E-state index is 13.7. The number of hydrogen-bond acceptors (Lipinski definition) is 25. The molecule has 65 heavy (non-hydrogen) atoms. The Morgan fingerprint density at radius 1 is 0.585 bits per heavy atom. The summed E-state index contributed by atoms with van der Waals surface area (Å²) in [5.74, 6) is -3.05. The minimum Gasteiger partial charge on any atom is -0.504 e. The van der Waals surface area contributed by atoms with Gasteiger partial charge >= 0.3 is 5.97 Å². The Labute approximate surface area is 368 Å².